The van der Waals surface area contributed by atoms with Gasteiger partial charge in [-0.25, -0.2) is 0 Å². The zero-order valence-corrected chi connectivity index (χ0v) is 10.6. The van der Waals surface area contributed by atoms with Crippen molar-refractivity contribution in [1.82, 2.24) is 0 Å². The molecule has 1 fully saturated rings. The van der Waals surface area contributed by atoms with E-state index in [0.29, 0.717) is 30.3 Å². The molecule has 1 saturated heterocycles. The smallest absolute Gasteiger partial charge is 0.128 e. The number of hydrogen-bond acceptors (Lipinski definition) is 5. The van der Waals surface area contributed by atoms with Gasteiger partial charge in [-0.2, -0.15) is 0 Å². The summed E-state index contributed by atoms with van der Waals surface area (Å²) in [7, 11) is 3.15. The highest BCUT2D eigenvalue weighted by Crippen LogP contribution is 2.29. The molecule has 18 heavy (non-hydrogen) atoms. The number of hydrogen-bond donors (Lipinski definition) is 1. The second-order valence-corrected chi connectivity index (χ2v) is 4.12. The third-order valence-corrected chi connectivity index (χ3v) is 2.90. The van der Waals surface area contributed by atoms with Gasteiger partial charge < -0.3 is 24.1 Å². The average molecular weight is 254 g/mol. The van der Waals surface area contributed by atoms with E-state index in [9.17, 15) is 5.11 Å². The molecule has 0 saturated carbocycles. The highest BCUT2D eigenvalue weighted by molar-refractivity contribution is 5.41. The average Bonchev–Trinajstić information content (AvgIpc) is 2.35. The van der Waals surface area contributed by atoms with Crippen LogP contribution in [0.3, 0.4) is 0 Å². The van der Waals surface area contributed by atoms with E-state index in [1.807, 2.05) is 0 Å². The van der Waals surface area contributed by atoms with E-state index < -0.39 is 6.10 Å². The summed E-state index contributed by atoms with van der Waals surface area (Å²) in [6.45, 7) is 1.44. The lowest BCUT2D eigenvalue weighted by Crippen LogP contribution is -2.37. The minimum absolute atomic E-state index is 0.101. The first kappa shape index (κ1) is 13.1. The minimum Gasteiger partial charge on any atom is -0.497 e. The zero-order chi connectivity index (χ0) is 13.0. The lowest BCUT2D eigenvalue weighted by molar-refractivity contribution is -0.143. The fourth-order valence-electron chi connectivity index (χ4n) is 1.72. The molecule has 2 rings (SSSR count). The minimum atomic E-state index is -0.716. The molecule has 5 heteroatoms. The Bertz CT molecular complexity index is 389. The molecule has 0 aliphatic carbocycles. The van der Waals surface area contributed by atoms with Crippen molar-refractivity contribution in [2.24, 2.45) is 0 Å². The number of ether oxygens (including phenoxy) is 4. The normalized spacial score (nSPS) is 17.1. The van der Waals surface area contributed by atoms with Gasteiger partial charge in [0.15, 0.2) is 0 Å². The molecule has 1 N–H and O–H groups in total. The van der Waals surface area contributed by atoms with Gasteiger partial charge in [-0.15, -0.1) is 0 Å². The van der Waals surface area contributed by atoms with Crippen LogP contribution in [0.15, 0.2) is 18.2 Å². The molecule has 1 aliphatic rings. The Morgan fingerprint density at radius 1 is 1.33 bits per heavy atom. The summed E-state index contributed by atoms with van der Waals surface area (Å²) in [5.41, 5.74) is 0.693. The summed E-state index contributed by atoms with van der Waals surface area (Å²) in [5.74, 6) is 1.28. The van der Waals surface area contributed by atoms with Gasteiger partial charge in [-0.1, -0.05) is 0 Å². The van der Waals surface area contributed by atoms with E-state index in [1.165, 1.54) is 0 Å². The molecule has 0 bridgehead atoms. The van der Waals surface area contributed by atoms with E-state index >= 15 is 0 Å². The summed E-state index contributed by atoms with van der Waals surface area (Å²) in [6, 6.07) is 5.31. The van der Waals surface area contributed by atoms with Crippen LogP contribution in [0, 0.1) is 0 Å². The van der Waals surface area contributed by atoms with Crippen molar-refractivity contribution >= 4 is 0 Å². The summed E-state index contributed by atoms with van der Waals surface area (Å²) in [6.07, 6.45) is -0.615. The van der Waals surface area contributed by atoms with Crippen molar-refractivity contribution in [3.8, 4) is 11.5 Å². The van der Waals surface area contributed by atoms with Crippen LogP contribution in [-0.4, -0.2) is 45.3 Å². The molecule has 1 unspecified atom stereocenters. The van der Waals surface area contributed by atoms with Crippen LogP contribution in [0.4, 0.5) is 0 Å². The standard InChI is InChI=1S/C13H18O5/c1-15-9-3-4-11(13(5-9)16-2)12(14)8-18-10-6-17-7-10/h3-5,10,12,14H,6-8H2,1-2H3. The number of benzene rings is 1. The van der Waals surface area contributed by atoms with Crippen LogP contribution in [0.5, 0.6) is 11.5 Å². The van der Waals surface area contributed by atoms with E-state index in [-0.39, 0.29) is 12.7 Å². The monoisotopic (exact) mass is 254 g/mol. The topological polar surface area (TPSA) is 57.2 Å². The first-order valence-electron chi connectivity index (χ1n) is 5.84. The molecule has 0 radical (unpaired) electrons. The number of aliphatic hydroxyl groups excluding tert-OH is 1. The van der Waals surface area contributed by atoms with Crippen LogP contribution in [-0.2, 0) is 9.47 Å². The summed E-state index contributed by atoms with van der Waals surface area (Å²) in [4.78, 5) is 0. The van der Waals surface area contributed by atoms with Crippen molar-refractivity contribution in [2.45, 2.75) is 12.2 Å². The number of methoxy groups -OCH3 is 2. The van der Waals surface area contributed by atoms with Gasteiger partial charge >= 0.3 is 0 Å². The van der Waals surface area contributed by atoms with Gasteiger partial charge in [-0.3, -0.25) is 0 Å². The predicted molar refractivity (Wildman–Crippen MR) is 65.1 cm³/mol. The maximum atomic E-state index is 10.1. The van der Waals surface area contributed by atoms with Gasteiger partial charge in [0.1, 0.15) is 23.7 Å². The quantitative estimate of drug-likeness (QED) is 0.825. The Hall–Kier alpha value is -1.30. The molecule has 0 spiro atoms. The van der Waals surface area contributed by atoms with Gasteiger partial charge in [0.2, 0.25) is 0 Å². The van der Waals surface area contributed by atoms with Gasteiger partial charge in [0.05, 0.1) is 34.0 Å². The fourth-order valence-corrected chi connectivity index (χ4v) is 1.72. The molecular formula is C13H18O5. The van der Waals surface area contributed by atoms with E-state index in [4.69, 9.17) is 18.9 Å². The Morgan fingerprint density at radius 2 is 2.11 bits per heavy atom. The molecule has 1 aliphatic heterocycles. The molecule has 100 valence electrons. The summed E-state index contributed by atoms with van der Waals surface area (Å²) < 4.78 is 20.8. The first-order chi connectivity index (χ1) is 8.74. The van der Waals surface area contributed by atoms with Crippen LogP contribution >= 0.6 is 0 Å². The van der Waals surface area contributed by atoms with Gasteiger partial charge in [0.25, 0.3) is 0 Å². The molecule has 0 aromatic heterocycles. The van der Waals surface area contributed by atoms with Crippen LogP contribution in [0.25, 0.3) is 0 Å². The van der Waals surface area contributed by atoms with Crippen LogP contribution in [0.1, 0.15) is 11.7 Å². The lowest BCUT2D eigenvalue weighted by atomic mass is 10.1. The summed E-state index contributed by atoms with van der Waals surface area (Å²) >= 11 is 0. The zero-order valence-electron chi connectivity index (χ0n) is 10.6. The molecule has 0 amide bonds. The van der Waals surface area contributed by atoms with Crippen molar-refractivity contribution < 1.29 is 24.1 Å². The Morgan fingerprint density at radius 3 is 2.67 bits per heavy atom. The maximum absolute atomic E-state index is 10.1. The van der Waals surface area contributed by atoms with Crippen molar-refractivity contribution in [3.05, 3.63) is 23.8 Å². The van der Waals surface area contributed by atoms with Crippen molar-refractivity contribution in [2.75, 3.05) is 34.0 Å². The highest BCUT2D eigenvalue weighted by atomic mass is 16.6. The Kier molecular flexibility index (Phi) is 4.41. The molecule has 1 heterocycles. The molecule has 1 atom stereocenters. The van der Waals surface area contributed by atoms with Gasteiger partial charge in [-0.05, 0) is 12.1 Å². The van der Waals surface area contributed by atoms with Crippen molar-refractivity contribution in [3.63, 3.8) is 0 Å². The fraction of sp³-hybridized carbons (Fsp3) is 0.538. The largest absolute Gasteiger partial charge is 0.497 e. The first-order valence-corrected chi connectivity index (χ1v) is 5.84. The summed E-state index contributed by atoms with van der Waals surface area (Å²) in [5, 5.41) is 10.1. The third-order valence-electron chi connectivity index (χ3n) is 2.90. The second kappa shape index (κ2) is 6.04. The van der Waals surface area contributed by atoms with Crippen LogP contribution in [0.2, 0.25) is 0 Å². The maximum Gasteiger partial charge on any atom is 0.128 e. The SMILES string of the molecule is COc1ccc(C(O)COC2COC2)c(OC)c1. The number of aliphatic hydroxyl groups is 1. The van der Waals surface area contributed by atoms with E-state index in [1.54, 1.807) is 32.4 Å². The van der Waals surface area contributed by atoms with E-state index in [2.05, 4.69) is 0 Å². The van der Waals surface area contributed by atoms with Gasteiger partial charge in [0, 0.05) is 11.6 Å². The van der Waals surface area contributed by atoms with E-state index in [0.717, 1.165) is 0 Å². The predicted octanol–water partition coefficient (Wildman–Crippen LogP) is 1.15. The molecule has 5 nitrogen and oxygen atoms in total. The van der Waals surface area contributed by atoms with Crippen molar-refractivity contribution in [1.29, 1.82) is 0 Å². The Labute approximate surface area is 106 Å². The third kappa shape index (κ3) is 2.93. The molecular weight excluding hydrogens is 236 g/mol. The molecule has 1 aromatic carbocycles. The molecule has 1 aromatic rings. The lowest BCUT2D eigenvalue weighted by Gasteiger charge is -2.27. The Balaban J connectivity index is 2.00. The highest BCUT2D eigenvalue weighted by Gasteiger charge is 2.22. The number of rotatable bonds is 6. The van der Waals surface area contributed by atoms with Crippen LogP contribution < -0.4 is 9.47 Å². The second-order valence-electron chi connectivity index (χ2n) is 4.12.